The number of carbonyl (C=O) groups excluding carboxylic acids is 1. The molecule has 0 bridgehead atoms. The van der Waals surface area contributed by atoms with Gasteiger partial charge in [0.05, 0.1) is 0 Å². The van der Waals surface area contributed by atoms with Crippen LogP contribution in [0.1, 0.15) is 16.8 Å². The van der Waals surface area contributed by atoms with E-state index in [0.29, 0.717) is 6.04 Å². The molecule has 1 fully saturated rings. The summed E-state index contributed by atoms with van der Waals surface area (Å²) in [5.74, 6) is 0.147. The van der Waals surface area contributed by atoms with Crippen LogP contribution in [-0.4, -0.2) is 37.0 Å². The number of amides is 1. The Hall–Kier alpha value is -0.620. The standard InChI is InChI=1S/C12H15IN2O/c1-14-11-6-7-15(8-11)12(16)9-2-4-10(13)5-3-9/h2-5,11,14H,6-8H2,1H3/t11-/m0/s1. The van der Waals surface area contributed by atoms with E-state index >= 15 is 0 Å². The van der Waals surface area contributed by atoms with Crippen LogP contribution in [0.3, 0.4) is 0 Å². The maximum Gasteiger partial charge on any atom is 0.253 e. The lowest BCUT2D eigenvalue weighted by Crippen LogP contribution is -2.33. The van der Waals surface area contributed by atoms with Crippen molar-refractivity contribution in [1.82, 2.24) is 10.2 Å². The minimum Gasteiger partial charge on any atom is -0.337 e. The molecule has 0 saturated carbocycles. The second kappa shape index (κ2) is 5.14. The van der Waals surface area contributed by atoms with E-state index in [0.717, 1.165) is 28.6 Å². The molecular weight excluding hydrogens is 315 g/mol. The molecule has 4 heteroatoms. The van der Waals surface area contributed by atoms with Gasteiger partial charge in [-0.15, -0.1) is 0 Å². The van der Waals surface area contributed by atoms with E-state index in [4.69, 9.17) is 0 Å². The van der Waals surface area contributed by atoms with Gasteiger partial charge in [0.1, 0.15) is 0 Å². The highest BCUT2D eigenvalue weighted by atomic mass is 127. The molecule has 1 aromatic rings. The normalized spacial score (nSPS) is 20.1. The van der Waals surface area contributed by atoms with Crippen molar-refractivity contribution < 1.29 is 4.79 Å². The second-order valence-corrected chi connectivity index (χ2v) is 5.28. The van der Waals surface area contributed by atoms with Gasteiger partial charge in [-0.1, -0.05) is 0 Å². The summed E-state index contributed by atoms with van der Waals surface area (Å²) in [6.07, 6.45) is 1.05. The zero-order chi connectivity index (χ0) is 11.5. The number of benzene rings is 1. The summed E-state index contributed by atoms with van der Waals surface area (Å²) in [6.45, 7) is 1.68. The third-order valence-corrected chi connectivity index (χ3v) is 3.69. The molecular formula is C12H15IN2O. The van der Waals surface area contributed by atoms with Gasteiger partial charge in [0.25, 0.3) is 5.91 Å². The molecule has 2 rings (SSSR count). The van der Waals surface area contributed by atoms with Crippen molar-refractivity contribution in [3.05, 3.63) is 33.4 Å². The van der Waals surface area contributed by atoms with Crippen LogP contribution in [0.15, 0.2) is 24.3 Å². The van der Waals surface area contributed by atoms with Crippen molar-refractivity contribution in [2.24, 2.45) is 0 Å². The number of carbonyl (C=O) groups is 1. The Morgan fingerprint density at radius 3 is 2.69 bits per heavy atom. The molecule has 1 aliphatic rings. The van der Waals surface area contributed by atoms with Crippen molar-refractivity contribution in [2.45, 2.75) is 12.5 Å². The average molecular weight is 330 g/mol. The molecule has 3 nitrogen and oxygen atoms in total. The van der Waals surface area contributed by atoms with Crippen molar-refractivity contribution in [3.63, 3.8) is 0 Å². The fourth-order valence-electron chi connectivity index (χ4n) is 1.96. The predicted molar refractivity (Wildman–Crippen MR) is 72.5 cm³/mol. The fourth-order valence-corrected chi connectivity index (χ4v) is 2.31. The molecule has 1 amide bonds. The summed E-state index contributed by atoms with van der Waals surface area (Å²) < 4.78 is 1.16. The third-order valence-electron chi connectivity index (χ3n) is 2.97. The molecule has 1 atom stereocenters. The summed E-state index contributed by atoms with van der Waals surface area (Å²) >= 11 is 2.24. The number of nitrogens with one attached hydrogen (secondary N) is 1. The van der Waals surface area contributed by atoms with Crippen molar-refractivity contribution in [3.8, 4) is 0 Å². The molecule has 0 aromatic heterocycles. The van der Waals surface area contributed by atoms with Crippen LogP contribution in [0, 0.1) is 3.57 Å². The molecule has 1 aromatic carbocycles. The lowest BCUT2D eigenvalue weighted by atomic mass is 10.2. The van der Waals surface area contributed by atoms with Crippen molar-refractivity contribution in [1.29, 1.82) is 0 Å². The molecule has 86 valence electrons. The minimum absolute atomic E-state index is 0.147. The summed E-state index contributed by atoms with van der Waals surface area (Å²) in [5, 5.41) is 3.21. The van der Waals surface area contributed by atoms with Crippen LogP contribution >= 0.6 is 22.6 Å². The van der Waals surface area contributed by atoms with Gasteiger partial charge in [-0.3, -0.25) is 4.79 Å². The predicted octanol–water partition coefficient (Wildman–Crippen LogP) is 1.73. The first-order valence-corrected chi connectivity index (χ1v) is 6.50. The number of hydrogen-bond donors (Lipinski definition) is 1. The molecule has 1 heterocycles. The Morgan fingerprint density at radius 1 is 1.44 bits per heavy atom. The van der Waals surface area contributed by atoms with E-state index in [2.05, 4.69) is 27.9 Å². The van der Waals surface area contributed by atoms with E-state index in [1.54, 1.807) is 0 Å². The third kappa shape index (κ3) is 2.55. The molecule has 0 unspecified atom stereocenters. The maximum atomic E-state index is 12.1. The average Bonchev–Trinajstić information content (AvgIpc) is 2.77. The Bertz CT molecular complexity index is 377. The Labute approximate surface area is 109 Å². The van der Waals surface area contributed by atoms with E-state index in [1.807, 2.05) is 36.2 Å². The van der Waals surface area contributed by atoms with E-state index in [9.17, 15) is 4.79 Å². The van der Waals surface area contributed by atoms with Gasteiger partial charge < -0.3 is 10.2 Å². The zero-order valence-electron chi connectivity index (χ0n) is 9.24. The number of likely N-dealkylation sites (N-methyl/N-ethyl adjacent to an activating group) is 1. The first-order valence-electron chi connectivity index (χ1n) is 5.43. The summed E-state index contributed by atoms with van der Waals surface area (Å²) in [5.41, 5.74) is 0.789. The van der Waals surface area contributed by atoms with Gasteiger partial charge in [0, 0.05) is 28.3 Å². The minimum atomic E-state index is 0.147. The van der Waals surface area contributed by atoms with Gasteiger partial charge >= 0.3 is 0 Å². The second-order valence-electron chi connectivity index (χ2n) is 4.03. The van der Waals surface area contributed by atoms with Crippen LogP contribution < -0.4 is 5.32 Å². The molecule has 0 aliphatic carbocycles. The van der Waals surface area contributed by atoms with Crippen LogP contribution in [0.2, 0.25) is 0 Å². The molecule has 1 aliphatic heterocycles. The zero-order valence-corrected chi connectivity index (χ0v) is 11.4. The first-order chi connectivity index (χ1) is 7.70. The molecule has 0 spiro atoms. The van der Waals surface area contributed by atoms with Gasteiger partial charge in [-0.2, -0.15) is 0 Å². The number of likely N-dealkylation sites (tertiary alicyclic amines) is 1. The molecule has 1 N–H and O–H groups in total. The van der Waals surface area contributed by atoms with E-state index in [1.165, 1.54) is 0 Å². The van der Waals surface area contributed by atoms with Crippen molar-refractivity contribution >= 4 is 28.5 Å². The largest absolute Gasteiger partial charge is 0.337 e. The fraction of sp³-hybridized carbons (Fsp3) is 0.417. The van der Waals surface area contributed by atoms with E-state index in [-0.39, 0.29) is 5.91 Å². The van der Waals surface area contributed by atoms with E-state index < -0.39 is 0 Å². The quantitative estimate of drug-likeness (QED) is 0.838. The summed E-state index contributed by atoms with van der Waals surface area (Å²) in [4.78, 5) is 14.0. The number of rotatable bonds is 2. The SMILES string of the molecule is CN[C@H]1CCN(C(=O)c2ccc(I)cc2)C1. The Kier molecular flexibility index (Phi) is 3.81. The van der Waals surface area contributed by atoms with Crippen LogP contribution in [-0.2, 0) is 0 Å². The topological polar surface area (TPSA) is 32.3 Å². The highest BCUT2D eigenvalue weighted by molar-refractivity contribution is 14.1. The Balaban J connectivity index is 2.05. The van der Waals surface area contributed by atoms with Gasteiger partial charge in [0.15, 0.2) is 0 Å². The lowest BCUT2D eigenvalue weighted by Gasteiger charge is -2.16. The van der Waals surface area contributed by atoms with Crippen LogP contribution in [0.4, 0.5) is 0 Å². The number of halogens is 1. The van der Waals surface area contributed by atoms with Gasteiger partial charge in [0.2, 0.25) is 0 Å². The lowest BCUT2D eigenvalue weighted by molar-refractivity contribution is 0.0789. The van der Waals surface area contributed by atoms with Gasteiger partial charge in [-0.05, 0) is 60.3 Å². The highest BCUT2D eigenvalue weighted by Gasteiger charge is 2.25. The summed E-state index contributed by atoms with van der Waals surface area (Å²) in [7, 11) is 1.95. The molecule has 1 saturated heterocycles. The van der Waals surface area contributed by atoms with Crippen LogP contribution in [0.25, 0.3) is 0 Å². The maximum absolute atomic E-state index is 12.1. The van der Waals surface area contributed by atoms with Crippen molar-refractivity contribution in [2.75, 3.05) is 20.1 Å². The smallest absolute Gasteiger partial charge is 0.253 e. The summed E-state index contributed by atoms with van der Waals surface area (Å²) in [6, 6.07) is 8.19. The molecule has 16 heavy (non-hydrogen) atoms. The van der Waals surface area contributed by atoms with Crippen LogP contribution in [0.5, 0.6) is 0 Å². The molecule has 0 radical (unpaired) electrons. The monoisotopic (exact) mass is 330 g/mol. The van der Waals surface area contributed by atoms with Gasteiger partial charge in [-0.25, -0.2) is 0 Å². The first kappa shape index (κ1) is 11.9. The number of nitrogens with zero attached hydrogens (tertiary/aromatic N) is 1. The highest BCUT2D eigenvalue weighted by Crippen LogP contribution is 2.14. The number of hydrogen-bond acceptors (Lipinski definition) is 2. The Morgan fingerprint density at radius 2 is 2.12 bits per heavy atom.